The molecule has 2 rings (SSSR count). The Hall–Kier alpha value is -0.570. The number of carboxylic acid groups (broad SMARTS) is 1. The minimum Gasteiger partial charge on any atom is -0.481 e. The van der Waals surface area contributed by atoms with E-state index in [2.05, 4.69) is 11.8 Å². The van der Waals surface area contributed by atoms with Crippen LogP contribution in [0, 0.1) is 11.8 Å². The van der Waals surface area contributed by atoms with Crippen molar-refractivity contribution in [3.63, 3.8) is 0 Å². The van der Waals surface area contributed by atoms with E-state index in [1.807, 2.05) is 0 Å². The standard InChI is InChI=1S/C15H27NO2/c1-2-4-12-5-3-6-14(8-7-12)16-10-9-13(11-16)15(17)18/h12-14H,2-11H2,1H3,(H,17,18). The molecule has 18 heavy (non-hydrogen) atoms. The van der Waals surface area contributed by atoms with Crippen molar-refractivity contribution in [3.8, 4) is 0 Å². The van der Waals surface area contributed by atoms with Crippen LogP contribution in [0.2, 0.25) is 0 Å². The lowest BCUT2D eigenvalue weighted by atomic mass is 9.95. The van der Waals surface area contributed by atoms with Crippen LogP contribution in [0.25, 0.3) is 0 Å². The van der Waals surface area contributed by atoms with Gasteiger partial charge in [-0.25, -0.2) is 0 Å². The third kappa shape index (κ3) is 3.47. The second kappa shape index (κ2) is 6.55. The van der Waals surface area contributed by atoms with Crippen molar-refractivity contribution in [2.24, 2.45) is 11.8 Å². The summed E-state index contributed by atoms with van der Waals surface area (Å²) < 4.78 is 0. The molecular weight excluding hydrogens is 226 g/mol. The van der Waals surface area contributed by atoms with E-state index < -0.39 is 5.97 Å². The van der Waals surface area contributed by atoms with Crippen LogP contribution in [0.1, 0.15) is 58.3 Å². The lowest BCUT2D eigenvalue weighted by molar-refractivity contribution is -0.141. The highest BCUT2D eigenvalue weighted by Gasteiger charge is 2.32. The molecule has 2 aliphatic rings. The molecule has 1 aliphatic carbocycles. The van der Waals surface area contributed by atoms with Crippen LogP contribution in [0.4, 0.5) is 0 Å². The SMILES string of the molecule is CCCC1CCCC(N2CCC(C(=O)O)C2)CC1. The maximum absolute atomic E-state index is 11.0. The third-order valence-corrected chi connectivity index (χ3v) is 4.84. The van der Waals surface area contributed by atoms with E-state index in [-0.39, 0.29) is 5.92 Å². The molecule has 0 radical (unpaired) electrons. The van der Waals surface area contributed by atoms with Crippen LogP contribution < -0.4 is 0 Å². The molecule has 2 fully saturated rings. The lowest BCUT2D eigenvalue weighted by Crippen LogP contribution is -2.33. The average Bonchev–Trinajstić information content (AvgIpc) is 2.72. The number of rotatable bonds is 4. The second-order valence-corrected chi connectivity index (χ2v) is 6.14. The van der Waals surface area contributed by atoms with Gasteiger partial charge in [0.2, 0.25) is 0 Å². The number of aliphatic carboxylic acids is 1. The van der Waals surface area contributed by atoms with Gasteiger partial charge in [0.05, 0.1) is 5.92 Å². The first-order valence-corrected chi connectivity index (χ1v) is 7.67. The Kier molecular flexibility index (Phi) is 5.04. The molecule has 0 aromatic carbocycles. The fourth-order valence-corrected chi connectivity index (χ4v) is 3.74. The van der Waals surface area contributed by atoms with Crippen LogP contribution in [0.5, 0.6) is 0 Å². The highest BCUT2D eigenvalue weighted by Crippen LogP contribution is 2.31. The van der Waals surface area contributed by atoms with Gasteiger partial charge in [-0.05, 0) is 38.1 Å². The quantitative estimate of drug-likeness (QED) is 0.782. The van der Waals surface area contributed by atoms with Gasteiger partial charge in [-0.1, -0.05) is 32.6 Å². The van der Waals surface area contributed by atoms with E-state index in [1.54, 1.807) is 0 Å². The monoisotopic (exact) mass is 253 g/mol. The molecule has 0 spiro atoms. The molecule has 0 aromatic heterocycles. The van der Waals surface area contributed by atoms with Gasteiger partial charge < -0.3 is 5.11 Å². The molecule has 1 heterocycles. The summed E-state index contributed by atoms with van der Waals surface area (Å²) in [6, 6.07) is 0.663. The van der Waals surface area contributed by atoms with Crippen molar-refractivity contribution in [3.05, 3.63) is 0 Å². The van der Waals surface area contributed by atoms with E-state index in [9.17, 15) is 4.79 Å². The number of carbonyl (C=O) groups is 1. The Bertz CT molecular complexity index is 280. The molecule has 3 atom stereocenters. The summed E-state index contributed by atoms with van der Waals surface area (Å²) in [4.78, 5) is 13.5. The Morgan fingerprint density at radius 3 is 2.72 bits per heavy atom. The zero-order valence-corrected chi connectivity index (χ0v) is 11.6. The van der Waals surface area contributed by atoms with E-state index in [0.717, 1.165) is 25.4 Å². The molecule has 3 heteroatoms. The van der Waals surface area contributed by atoms with Crippen LogP contribution in [-0.4, -0.2) is 35.1 Å². The van der Waals surface area contributed by atoms with Crippen LogP contribution in [-0.2, 0) is 4.79 Å². The van der Waals surface area contributed by atoms with Crippen molar-refractivity contribution in [2.75, 3.05) is 13.1 Å². The Labute approximate surface area is 111 Å². The average molecular weight is 253 g/mol. The Morgan fingerprint density at radius 2 is 2.06 bits per heavy atom. The van der Waals surface area contributed by atoms with Crippen molar-refractivity contribution < 1.29 is 9.90 Å². The second-order valence-electron chi connectivity index (χ2n) is 6.14. The minimum absolute atomic E-state index is 0.111. The topological polar surface area (TPSA) is 40.5 Å². The van der Waals surface area contributed by atoms with Crippen LogP contribution in [0.3, 0.4) is 0 Å². The lowest BCUT2D eigenvalue weighted by Gasteiger charge is -2.26. The molecule has 0 amide bonds. The van der Waals surface area contributed by atoms with Crippen molar-refractivity contribution in [1.82, 2.24) is 4.90 Å². The zero-order chi connectivity index (χ0) is 13.0. The van der Waals surface area contributed by atoms with Gasteiger partial charge in [0.15, 0.2) is 0 Å². The van der Waals surface area contributed by atoms with Gasteiger partial charge in [-0.3, -0.25) is 9.69 Å². The van der Waals surface area contributed by atoms with Gasteiger partial charge in [0.25, 0.3) is 0 Å². The highest BCUT2D eigenvalue weighted by molar-refractivity contribution is 5.70. The summed E-state index contributed by atoms with van der Waals surface area (Å²) in [5.74, 6) is 0.215. The molecule has 1 saturated carbocycles. The first-order chi connectivity index (χ1) is 8.70. The van der Waals surface area contributed by atoms with Crippen molar-refractivity contribution in [1.29, 1.82) is 0 Å². The fourth-order valence-electron chi connectivity index (χ4n) is 3.74. The number of nitrogens with zero attached hydrogens (tertiary/aromatic N) is 1. The van der Waals surface area contributed by atoms with Crippen LogP contribution >= 0.6 is 0 Å². The molecule has 0 bridgehead atoms. The molecule has 3 unspecified atom stereocenters. The number of likely N-dealkylation sites (tertiary alicyclic amines) is 1. The van der Waals surface area contributed by atoms with Crippen molar-refractivity contribution in [2.45, 2.75) is 64.3 Å². The van der Waals surface area contributed by atoms with Crippen LogP contribution in [0.15, 0.2) is 0 Å². The van der Waals surface area contributed by atoms with Gasteiger partial charge in [-0.2, -0.15) is 0 Å². The Balaban J connectivity index is 1.81. The fraction of sp³-hybridized carbons (Fsp3) is 0.933. The molecular formula is C15H27NO2. The normalized spacial score (nSPS) is 34.4. The predicted molar refractivity (Wildman–Crippen MR) is 72.6 cm³/mol. The van der Waals surface area contributed by atoms with E-state index in [1.165, 1.54) is 44.9 Å². The molecule has 0 aromatic rings. The third-order valence-electron chi connectivity index (χ3n) is 4.84. The molecule has 1 aliphatic heterocycles. The molecule has 104 valence electrons. The summed E-state index contributed by atoms with van der Waals surface area (Å²) >= 11 is 0. The summed E-state index contributed by atoms with van der Waals surface area (Å²) in [6.07, 6.45) is 10.2. The van der Waals surface area contributed by atoms with Gasteiger partial charge in [-0.15, -0.1) is 0 Å². The maximum Gasteiger partial charge on any atom is 0.307 e. The molecule has 1 saturated heterocycles. The highest BCUT2D eigenvalue weighted by atomic mass is 16.4. The summed E-state index contributed by atoms with van der Waals surface area (Å²) in [5.41, 5.74) is 0. The van der Waals surface area contributed by atoms with Crippen molar-refractivity contribution >= 4 is 5.97 Å². The largest absolute Gasteiger partial charge is 0.481 e. The molecule has 3 nitrogen and oxygen atoms in total. The number of carboxylic acids is 1. The first kappa shape index (κ1) is 13.9. The number of hydrogen-bond acceptors (Lipinski definition) is 2. The maximum atomic E-state index is 11.0. The van der Waals surface area contributed by atoms with E-state index >= 15 is 0 Å². The van der Waals surface area contributed by atoms with E-state index in [4.69, 9.17) is 5.11 Å². The van der Waals surface area contributed by atoms with Gasteiger partial charge in [0, 0.05) is 12.6 Å². The predicted octanol–water partition coefficient (Wildman–Crippen LogP) is 3.14. The summed E-state index contributed by atoms with van der Waals surface area (Å²) in [5, 5.41) is 9.07. The van der Waals surface area contributed by atoms with Gasteiger partial charge >= 0.3 is 5.97 Å². The number of hydrogen-bond donors (Lipinski definition) is 1. The molecule has 1 N–H and O–H groups in total. The minimum atomic E-state index is -0.602. The summed E-state index contributed by atoms with van der Waals surface area (Å²) in [7, 11) is 0. The van der Waals surface area contributed by atoms with Gasteiger partial charge in [0.1, 0.15) is 0 Å². The summed E-state index contributed by atoms with van der Waals surface area (Å²) in [6.45, 7) is 4.07. The Morgan fingerprint density at radius 1 is 1.22 bits per heavy atom. The van der Waals surface area contributed by atoms with E-state index in [0.29, 0.717) is 6.04 Å². The smallest absolute Gasteiger partial charge is 0.307 e. The zero-order valence-electron chi connectivity index (χ0n) is 11.6. The first-order valence-electron chi connectivity index (χ1n) is 7.67.